The number of urea groups is 1. The van der Waals surface area contributed by atoms with Crippen LogP contribution in [0, 0.1) is 11.6 Å². The first-order valence-electron chi connectivity index (χ1n) is 11.3. The van der Waals surface area contributed by atoms with Crippen LogP contribution < -0.4 is 15.4 Å². The molecule has 37 heavy (non-hydrogen) atoms. The van der Waals surface area contributed by atoms with Gasteiger partial charge in [0.25, 0.3) is 0 Å². The summed E-state index contributed by atoms with van der Waals surface area (Å²) in [5.41, 5.74) is 1.73. The van der Waals surface area contributed by atoms with Crippen LogP contribution in [0.3, 0.4) is 0 Å². The minimum atomic E-state index is -4.77. The lowest BCUT2D eigenvalue weighted by Gasteiger charge is -2.26. The molecule has 2 amide bonds. The van der Waals surface area contributed by atoms with Crippen molar-refractivity contribution in [3.05, 3.63) is 77.9 Å². The predicted octanol–water partition coefficient (Wildman–Crippen LogP) is 6.38. The number of hydrogen-bond acceptors (Lipinski definition) is 3. The van der Waals surface area contributed by atoms with Crippen LogP contribution in [0.5, 0.6) is 0 Å². The van der Waals surface area contributed by atoms with Crippen molar-refractivity contribution in [2.24, 2.45) is 0 Å². The lowest BCUT2D eigenvalue weighted by atomic mass is 9.79. The molecule has 3 N–H and O–H groups in total. The summed E-state index contributed by atoms with van der Waals surface area (Å²) in [4.78, 5) is 12.1. The molecule has 0 heterocycles. The van der Waals surface area contributed by atoms with Crippen LogP contribution in [0.25, 0.3) is 11.1 Å². The summed E-state index contributed by atoms with van der Waals surface area (Å²) in [5.74, 6) is -1.50. The smallest absolute Gasteiger partial charge is 0.307 e. The zero-order valence-electron chi connectivity index (χ0n) is 19.2. The van der Waals surface area contributed by atoms with Crippen LogP contribution >= 0.6 is 0 Å². The molecule has 0 aromatic heterocycles. The number of anilines is 2. The van der Waals surface area contributed by atoms with E-state index in [4.69, 9.17) is 0 Å². The van der Waals surface area contributed by atoms with Crippen molar-refractivity contribution in [3.63, 3.8) is 0 Å². The van der Waals surface area contributed by atoms with Gasteiger partial charge in [-0.25, -0.2) is 26.7 Å². The Morgan fingerprint density at radius 1 is 0.919 bits per heavy atom. The third-order valence-corrected chi connectivity index (χ3v) is 7.36. The Labute approximate surface area is 209 Å². The van der Waals surface area contributed by atoms with Gasteiger partial charge in [-0.05, 0) is 54.2 Å². The first-order chi connectivity index (χ1) is 17.4. The third-order valence-electron chi connectivity index (χ3n) is 5.97. The van der Waals surface area contributed by atoms with Gasteiger partial charge >= 0.3 is 12.2 Å². The van der Waals surface area contributed by atoms with E-state index in [0.717, 1.165) is 49.1 Å². The number of halogens is 5. The number of alkyl halides is 3. The first kappa shape index (κ1) is 26.6. The van der Waals surface area contributed by atoms with Crippen LogP contribution in [0.4, 0.5) is 38.1 Å². The molecule has 0 atom stereocenters. The van der Waals surface area contributed by atoms with Crippen LogP contribution in [-0.4, -0.2) is 27.2 Å². The van der Waals surface area contributed by atoms with Crippen molar-refractivity contribution in [2.75, 3.05) is 17.2 Å². The molecular weight excluding hydrogens is 517 g/mol. The molecule has 4 rings (SSSR count). The van der Waals surface area contributed by atoms with Crippen molar-refractivity contribution in [1.29, 1.82) is 0 Å². The summed E-state index contributed by atoms with van der Waals surface area (Å²) in [7, 11) is -4.58. The monoisotopic (exact) mass is 539 g/mol. The molecule has 1 fully saturated rings. The van der Waals surface area contributed by atoms with Gasteiger partial charge in [0.05, 0.1) is 16.3 Å². The quantitative estimate of drug-likeness (QED) is 0.305. The summed E-state index contributed by atoms with van der Waals surface area (Å²) in [6.45, 7) is -1.77. The number of carbonyl (C=O) groups is 1. The van der Waals surface area contributed by atoms with Gasteiger partial charge in [-0.2, -0.15) is 13.2 Å². The molecule has 0 spiro atoms. The zero-order chi connectivity index (χ0) is 26.8. The van der Waals surface area contributed by atoms with E-state index in [1.165, 1.54) is 10.8 Å². The molecule has 0 unspecified atom stereocenters. The largest absolute Gasteiger partial charge is 0.402 e. The number of benzene rings is 3. The molecule has 3 aromatic carbocycles. The van der Waals surface area contributed by atoms with E-state index in [2.05, 4.69) is 10.6 Å². The average Bonchev–Trinajstić information content (AvgIpc) is 2.78. The van der Waals surface area contributed by atoms with E-state index in [0.29, 0.717) is 23.1 Å². The lowest BCUT2D eigenvalue weighted by molar-refractivity contribution is -0.121. The molecule has 6 nitrogen and oxygen atoms in total. The molecule has 196 valence electrons. The Balaban J connectivity index is 1.68. The Morgan fingerprint density at radius 3 is 2.30 bits per heavy atom. The minimum Gasteiger partial charge on any atom is -0.307 e. The van der Waals surface area contributed by atoms with Crippen molar-refractivity contribution in [1.82, 2.24) is 4.72 Å². The fraction of sp³-hybridized carbons (Fsp3) is 0.240. The third kappa shape index (κ3) is 6.63. The Morgan fingerprint density at radius 2 is 1.65 bits per heavy atom. The summed E-state index contributed by atoms with van der Waals surface area (Å²) in [6, 6.07) is 12.5. The van der Waals surface area contributed by atoms with Gasteiger partial charge in [-0.1, -0.05) is 36.8 Å². The zero-order valence-corrected chi connectivity index (χ0v) is 20.0. The van der Waals surface area contributed by atoms with Crippen molar-refractivity contribution < 1.29 is 35.2 Å². The number of amides is 2. The molecule has 3 aromatic rings. The molecule has 1 saturated carbocycles. The number of rotatable bonds is 7. The Kier molecular flexibility index (Phi) is 7.51. The first-order valence-corrected chi connectivity index (χ1v) is 12.7. The standard InChI is InChI=1S/C25H22F5N3O3S/c26-18-7-10-22(21(27)12-18)32-24(34)33-23-13-19(37(35,36)31-14-25(28,29)30)8-9-20(23)17-6-2-5-16(11-17)15-3-1-4-15/h2,5-13,15,31H,1,3-4,14H2,(H2,32,33,34). The molecule has 0 saturated heterocycles. The predicted molar refractivity (Wildman–Crippen MR) is 129 cm³/mol. The van der Waals surface area contributed by atoms with Gasteiger partial charge in [0.1, 0.15) is 18.2 Å². The van der Waals surface area contributed by atoms with E-state index >= 15 is 0 Å². The van der Waals surface area contributed by atoms with Crippen molar-refractivity contribution in [2.45, 2.75) is 36.3 Å². The highest BCUT2D eigenvalue weighted by molar-refractivity contribution is 7.89. The number of hydrogen-bond donors (Lipinski definition) is 3. The summed E-state index contributed by atoms with van der Waals surface area (Å²) < 4.78 is 91.4. The lowest BCUT2D eigenvalue weighted by Crippen LogP contribution is -2.33. The second-order valence-electron chi connectivity index (χ2n) is 8.60. The average molecular weight is 540 g/mol. The van der Waals surface area contributed by atoms with E-state index in [1.807, 2.05) is 18.2 Å². The second-order valence-corrected chi connectivity index (χ2v) is 10.4. The van der Waals surface area contributed by atoms with Gasteiger partial charge in [-0.15, -0.1) is 0 Å². The van der Waals surface area contributed by atoms with Gasteiger partial charge in [-0.3, -0.25) is 0 Å². The highest BCUT2D eigenvalue weighted by Gasteiger charge is 2.30. The van der Waals surface area contributed by atoms with Gasteiger partial charge < -0.3 is 10.6 Å². The van der Waals surface area contributed by atoms with Crippen LogP contribution in [0.2, 0.25) is 0 Å². The van der Waals surface area contributed by atoms with Crippen molar-refractivity contribution in [3.8, 4) is 11.1 Å². The molecule has 12 heteroatoms. The summed E-state index contributed by atoms with van der Waals surface area (Å²) in [5, 5.41) is 4.65. The molecule has 1 aliphatic rings. The topological polar surface area (TPSA) is 87.3 Å². The van der Waals surface area contributed by atoms with E-state index in [-0.39, 0.29) is 11.4 Å². The Bertz CT molecular complexity index is 1420. The molecule has 0 aliphatic heterocycles. The van der Waals surface area contributed by atoms with Gasteiger partial charge in [0, 0.05) is 11.6 Å². The van der Waals surface area contributed by atoms with Crippen molar-refractivity contribution >= 4 is 27.4 Å². The maximum atomic E-state index is 14.0. The van der Waals surface area contributed by atoms with E-state index in [1.54, 1.807) is 6.07 Å². The molecular formula is C25H22F5N3O3S. The minimum absolute atomic E-state index is 0.0411. The van der Waals surface area contributed by atoms with E-state index < -0.39 is 45.3 Å². The fourth-order valence-corrected chi connectivity index (χ4v) is 4.91. The number of carbonyl (C=O) groups excluding carboxylic acids is 1. The summed E-state index contributed by atoms with van der Waals surface area (Å²) in [6.07, 6.45) is -1.60. The van der Waals surface area contributed by atoms with Gasteiger partial charge in [0.15, 0.2) is 0 Å². The number of nitrogens with one attached hydrogen (secondary N) is 3. The normalized spacial score (nSPS) is 14.2. The van der Waals surface area contributed by atoms with Crippen LogP contribution in [0.15, 0.2) is 65.6 Å². The number of sulfonamides is 1. The maximum Gasteiger partial charge on any atom is 0.402 e. The Hall–Kier alpha value is -3.51. The highest BCUT2D eigenvalue weighted by atomic mass is 32.2. The SMILES string of the molecule is O=C(Nc1ccc(F)cc1F)Nc1cc(S(=O)(=O)NCC(F)(F)F)ccc1-c1cccc(C2CCC2)c1. The molecule has 1 aliphatic carbocycles. The van der Waals surface area contributed by atoms with Crippen LogP contribution in [0.1, 0.15) is 30.7 Å². The second kappa shape index (κ2) is 10.5. The summed E-state index contributed by atoms with van der Waals surface area (Å²) >= 11 is 0. The maximum absolute atomic E-state index is 14.0. The van der Waals surface area contributed by atoms with Gasteiger partial charge in [0.2, 0.25) is 10.0 Å². The molecule has 0 bridgehead atoms. The molecule has 0 radical (unpaired) electrons. The van der Waals surface area contributed by atoms with Crippen LogP contribution in [-0.2, 0) is 10.0 Å². The fourth-order valence-electron chi connectivity index (χ4n) is 3.87. The van der Waals surface area contributed by atoms with E-state index in [9.17, 15) is 35.2 Å². The highest BCUT2D eigenvalue weighted by Crippen LogP contribution is 2.39.